The van der Waals surface area contributed by atoms with Crippen molar-refractivity contribution < 1.29 is 9.53 Å². The molecule has 1 unspecified atom stereocenters. The van der Waals surface area contributed by atoms with Crippen molar-refractivity contribution in [2.24, 2.45) is 0 Å². The van der Waals surface area contributed by atoms with E-state index in [0.717, 1.165) is 22.6 Å². The van der Waals surface area contributed by atoms with E-state index < -0.39 is 0 Å². The van der Waals surface area contributed by atoms with Crippen LogP contribution in [0.2, 0.25) is 0 Å². The number of para-hydroxylation sites is 1. The second-order valence-corrected chi connectivity index (χ2v) is 5.19. The smallest absolute Gasteiger partial charge is 0.257 e. The molecule has 4 nitrogen and oxygen atoms in total. The Bertz CT molecular complexity index is 667. The molecule has 1 aliphatic rings. The van der Waals surface area contributed by atoms with Gasteiger partial charge in [0.15, 0.2) is 0 Å². The molecule has 0 bridgehead atoms. The van der Waals surface area contributed by atoms with Gasteiger partial charge in [-0.25, -0.2) is 0 Å². The molecule has 0 radical (unpaired) electrons. The highest BCUT2D eigenvalue weighted by atomic mass is 16.5. The van der Waals surface area contributed by atoms with Gasteiger partial charge in [0, 0.05) is 12.2 Å². The normalized spacial score (nSPS) is 16.9. The number of rotatable bonds is 4. The van der Waals surface area contributed by atoms with Gasteiger partial charge in [-0.15, -0.1) is 0 Å². The summed E-state index contributed by atoms with van der Waals surface area (Å²) in [5.41, 5.74) is 2.66. The monoisotopic (exact) mass is 296 g/mol. The number of nitrogens with one attached hydrogen (secondary N) is 1. The van der Waals surface area contributed by atoms with Crippen LogP contribution in [0.1, 0.15) is 35.9 Å². The summed E-state index contributed by atoms with van der Waals surface area (Å²) < 4.78 is 5.48. The van der Waals surface area contributed by atoms with Crippen LogP contribution in [0.4, 0.5) is 5.69 Å². The van der Waals surface area contributed by atoms with Crippen molar-refractivity contribution in [3.63, 3.8) is 0 Å². The molecular weight excluding hydrogens is 276 g/mol. The van der Waals surface area contributed by atoms with Crippen LogP contribution in [0.25, 0.3) is 0 Å². The Morgan fingerprint density at radius 1 is 1.09 bits per heavy atom. The Morgan fingerprint density at radius 3 is 2.50 bits per heavy atom. The van der Waals surface area contributed by atoms with Crippen LogP contribution in [0.5, 0.6) is 5.75 Å². The molecule has 22 heavy (non-hydrogen) atoms. The molecule has 1 aliphatic heterocycles. The molecule has 3 rings (SSSR count). The number of benzene rings is 2. The lowest BCUT2D eigenvalue weighted by molar-refractivity contribution is 0.0695. The molecule has 1 amide bonds. The number of carbonyl (C=O) groups is 1. The minimum Gasteiger partial charge on any atom is -0.494 e. The topological polar surface area (TPSA) is 41.6 Å². The molecule has 0 aromatic heterocycles. The molecule has 0 aliphatic carbocycles. The van der Waals surface area contributed by atoms with E-state index in [1.54, 1.807) is 0 Å². The predicted octanol–water partition coefficient (Wildman–Crippen LogP) is 3.67. The molecule has 2 aromatic rings. The van der Waals surface area contributed by atoms with Gasteiger partial charge >= 0.3 is 0 Å². The number of amides is 1. The highest BCUT2D eigenvalue weighted by Crippen LogP contribution is 2.33. The summed E-state index contributed by atoms with van der Waals surface area (Å²) in [6.45, 7) is 5.26. The van der Waals surface area contributed by atoms with Crippen molar-refractivity contribution >= 4 is 11.6 Å². The van der Waals surface area contributed by atoms with Crippen molar-refractivity contribution in [3.05, 3.63) is 59.7 Å². The van der Waals surface area contributed by atoms with Crippen molar-refractivity contribution in [3.8, 4) is 5.75 Å². The Morgan fingerprint density at radius 2 is 1.82 bits per heavy atom. The fraction of sp³-hybridized carbons (Fsp3) is 0.278. The summed E-state index contributed by atoms with van der Waals surface area (Å²) in [4.78, 5) is 14.5. The molecule has 0 saturated heterocycles. The van der Waals surface area contributed by atoms with Crippen molar-refractivity contribution in [2.75, 3.05) is 18.5 Å². The zero-order valence-electron chi connectivity index (χ0n) is 12.9. The van der Waals surface area contributed by atoms with E-state index in [1.807, 2.05) is 67.3 Å². The van der Waals surface area contributed by atoms with Crippen LogP contribution in [-0.2, 0) is 0 Å². The standard InChI is InChI=1S/C18H20N2O2/c1-3-20-17(13-9-11-14(12-10-13)22-4-2)19-16-8-6-5-7-15(16)18(20)21/h5-12,17,19H,3-4H2,1-2H3. The average Bonchev–Trinajstić information content (AvgIpc) is 2.56. The van der Waals surface area contributed by atoms with Gasteiger partial charge in [-0.2, -0.15) is 0 Å². The molecule has 0 saturated carbocycles. The van der Waals surface area contributed by atoms with Gasteiger partial charge < -0.3 is 15.0 Å². The summed E-state index contributed by atoms with van der Waals surface area (Å²) in [5, 5.41) is 3.46. The fourth-order valence-corrected chi connectivity index (χ4v) is 2.80. The number of hydrogen-bond acceptors (Lipinski definition) is 3. The van der Waals surface area contributed by atoms with E-state index >= 15 is 0 Å². The molecule has 1 atom stereocenters. The lowest BCUT2D eigenvalue weighted by atomic mass is 10.0. The third kappa shape index (κ3) is 2.52. The second kappa shape index (κ2) is 6.10. The number of fused-ring (bicyclic) bond motifs is 1. The maximum absolute atomic E-state index is 12.7. The molecule has 0 fully saturated rings. The maximum Gasteiger partial charge on any atom is 0.257 e. The van der Waals surface area contributed by atoms with E-state index in [4.69, 9.17) is 4.74 Å². The van der Waals surface area contributed by atoms with Crippen molar-refractivity contribution in [1.29, 1.82) is 0 Å². The van der Waals surface area contributed by atoms with Gasteiger partial charge in [0.25, 0.3) is 5.91 Å². The Hall–Kier alpha value is -2.49. The minimum absolute atomic E-state index is 0.0655. The lowest BCUT2D eigenvalue weighted by Crippen LogP contribution is -2.42. The van der Waals surface area contributed by atoms with Gasteiger partial charge in [-0.1, -0.05) is 24.3 Å². The van der Waals surface area contributed by atoms with Gasteiger partial charge in [-0.05, 0) is 43.7 Å². The SMILES string of the molecule is CCOc1ccc(C2Nc3ccccc3C(=O)N2CC)cc1. The number of carbonyl (C=O) groups excluding carboxylic acids is 1. The number of hydrogen-bond donors (Lipinski definition) is 1. The van der Waals surface area contributed by atoms with Gasteiger partial charge in [0.05, 0.1) is 12.2 Å². The number of anilines is 1. The zero-order valence-corrected chi connectivity index (χ0v) is 12.9. The molecule has 114 valence electrons. The first kappa shape index (κ1) is 14.4. The quantitative estimate of drug-likeness (QED) is 0.936. The summed E-state index contributed by atoms with van der Waals surface area (Å²) in [6, 6.07) is 15.5. The first-order valence-electron chi connectivity index (χ1n) is 7.64. The van der Waals surface area contributed by atoms with Gasteiger partial charge in [-0.3, -0.25) is 4.79 Å². The van der Waals surface area contributed by atoms with E-state index in [-0.39, 0.29) is 12.1 Å². The van der Waals surface area contributed by atoms with Crippen molar-refractivity contribution in [1.82, 2.24) is 4.90 Å². The summed E-state index contributed by atoms with van der Waals surface area (Å²) in [6.07, 6.45) is -0.150. The molecule has 1 heterocycles. The van der Waals surface area contributed by atoms with E-state index in [1.165, 1.54) is 0 Å². The Balaban J connectivity index is 1.94. The summed E-state index contributed by atoms with van der Waals surface area (Å²) in [7, 11) is 0. The number of ether oxygens (including phenoxy) is 1. The van der Waals surface area contributed by atoms with Crippen LogP contribution in [0.15, 0.2) is 48.5 Å². The Labute approximate surface area is 130 Å². The fourth-order valence-electron chi connectivity index (χ4n) is 2.80. The first-order valence-corrected chi connectivity index (χ1v) is 7.64. The molecule has 2 aromatic carbocycles. The van der Waals surface area contributed by atoms with Crippen LogP contribution in [-0.4, -0.2) is 24.0 Å². The summed E-state index contributed by atoms with van der Waals surface area (Å²) >= 11 is 0. The van der Waals surface area contributed by atoms with Crippen LogP contribution < -0.4 is 10.1 Å². The zero-order chi connectivity index (χ0) is 15.5. The Kier molecular flexibility index (Phi) is 4.00. The van der Waals surface area contributed by atoms with Crippen LogP contribution in [0, 0.1) is 0 Å². The average molecular weight is 296 g/mol. The van der Waals surface area contributed by atoms with E-state index in [2.05, 4.69) is 5.32 Å². The molecule has 0 spiro atoms. The largest absolute Gasteiger partial charge is 0.494 e. The lowest BCUT2D eigenvalue weighted by Gasteiger charge is -2.37. The van der Waals surface area contributed by atoms with E-state index in [0.29, 0.717) is 13.2 Å². The van der Waals surface area contributed by atoms with Crippen LogP contribution in [0.3, 0.4) is 0 Å². The molecule has 4 heteroatoms. The highest BCUT2D eigenvalue weighted by molar-refractivity contribution is 6.01. The van der Waals surface area contributed by atoms with Crippen molar-refractivity contribution in [2.45, 2.75) is 20.0 Å². The summed E-state index contributed by atoms with van der Waals surface area (Å²) in [5.74, 6) is 0.910. The van der Waals surface area contributed by atoms with E-state index in [9.17, 15) is 4.79 Å². The van der Waals surface area contributed by atoms with Gasteiger partial charge in [0.1, 0.15) is 11.9 Å². The highest BCUT2D eigenvalue weighted by Gasteiger charge is 2.31. The predicted molar refractivity (Wildman–Crippen MR) is 87.1 cm³/mol. The first-order chi connectivity index (χ1) is 10.7. The maximum atomic E-state index is 12.7. The van der Waals surface area contributed by atoms with Crippen LogP contribution >= 0.6 is 0 Å². The third-order valence-electron chi connectivity index (χ3n) is 3.87. The number of nitrogens with zero attached hydrogens (tertiary/aromatic N) is 1. The minimum atomic E-state index is -0.150. The molecular formula is C18H20N2O2. The van der Waals surface area contributed by atoms with Gasteiger partial charge in [0.2, 0.25) is 0 Å². The molecule has 1 N–H and O–H groups in total. The third-order valence-corrected chi connectivity index (χ3v) is 3.87. The second-order valence-electron chi connectivity index (χ2n) is 5.19.